The summed E-state index contributed by atoms with van der Waals surface area (Å²) in [5, 5.41) is 14.4. The van der Waals surface area contributed by atoms with Crippen LogP contribution in [0.5, 0.6) is 0 Å². The third-order valence-corrected chi connectivity index (χ3v) is 3.18. The smallest absolute Gasteiger partial charge is 0.353 e. The minimum Gasteiger partial charge on any atom is -0.477 e. The van der Waals surface area contributed by atoms with Crippen molar-refractivity contribution in [2.75, 3.05) is 0 Å². The van der Waals surface area contributed by atoms with E-state index >= 15 is 0 Å². The zero-order chi connectivity index (χ0) is 13.5. The van der Waals surface area contributed by atoms with Crippen LogP contribution in [-0.4, -0.2) is 27.5 Å². The van der Waals surface area contributed by atoms with E-state index in [1.165, 1.54) is 11.3 Å². The molecular weight excluding hydrogens is 252 g/mol. The molecule has 0 fully saturated rings. The van der Waals surface area contributed by atoms with Crippen molar-refractivity contribution in [1.29, 1.82) is 0 Å². The van der Waals surface area contributed by atoms with Crippen molar-refractivity contribution in [3.05, 3.63) is 22.7 Å². The Labute approximate surface area is 108 Å². The predicted octanol–water partition coefficient (Wildman–Crippen LogP) is 2.46. The Bertz CT molecular complexity index is 619. The van der Waals surface area contributed by atoms with Crippen LogP contribution < -0.4 is 5.32 Å². The van der Waals surface area contributed by atoms with Crippen molar-refractivity contribution in [3.8, 4) is 0 Å². The SMILES string of the molecule is CC(C)(C)NC(=O)c1c(C(=O)O)[nH]c2sccc12. The van der Waals surface area contributed by atoms with E-state index in [4.69, 9.17) is 5.11 Å². The number of nitrogens with one attached hydrogen (secondary N) is 2. The molecule has 5 nitrogen and oxygen atoms in total. The molecule has 2 heterocycles. The molecular formula is C12H14N2O3S. The number of carboxylic acids is 1. The first-order chi connectivity index (χ1) is 8.29. The lowest BCUT2D eigenvalue weighted by atomic mass is 10.1. The highest BCUT2D eigenvalue weighted by molar-refractivity contribution is 7.16. The summed E-state index contributed by atoms with van der Waals surface area (Å²) < 4.78 is 0. The summed E-state index contributed by atoms with van der Waals surface area (Å²) in [4.78, 5) is 26.8. The number of thiophene rings is 1. The molecule has 0 saturated heterocycles. The Morgan fingerprint density at radius 2 is 2.06 bits per heavy atom. The third kappa shape index (κ3) is 2.24. The topological polar surface area (TPSA) is 82.2 Å². The van der Waals surface area contributed by atoms with Gasteiger partial charge in [0.1, 0.15) is 10.5 Å². The number of aromatic amines is 1. The van der Waals surface area contributed by atoms with Gasteiger partial charge in [0, 0.05) is 10.9 Å². The third-order valence-electron chi connectivity index (χ3n) is 2.35. The number of fused-ring (bicyclic) bond motifs is 1. The maximum atomic E-state index is 12.2. The largest absolute Gasteiger partial charge is 0.477 e. The van der Waals surface area contributed by atoms with Gasteiger partial charge in [0.05, 0.1) is 5.56 Å². The van der Waals surface area contributed by atoms with Crippen molar-refractivity contribution in [2.45, 2.75) is 26.3 Å². The predicted molar refractivity (Wildman–Crippen MR) is 70.4 cm³/mol. The van der Waals surface area contributed by atoms with Crippen molar-refractivity contribution in [1.82, 2.24) is 10.3 Å². The van der Waals surface area contributed by atoms with Gasteiger partial charge in [-0.2, -0.15) is 0 Å². The quantitative estimate of drug-likeness (QED) is 0.780. The molecule has 0 unspecified atom stereocenters. The number of carboxylic acid groups (broad SMARTS) is 1. The molecule has 0 atom stereocenters. The Kier molecular flexibility index (Phi) is 2.90. The summed E-state index contributed by atoms with van der Waals surface area (Å²) in [7, 11) is 0. The van der Waals surface area contributed by atoms with Gasteiger partial charge in [-0.1, -0.05) is 0 Å². The molecule has 18 heavy (non-hydrogen) atoms. The molecule has 0 aliphatic rings. The first-order valence-electron chi connectivity index (χ1n) is 5.44. The number of hydrogen-bond acceptors (Lipinski definition) is 3. The van der Waals surface area contributed by atoms with E-state index in [-0.39, 0.29) is 17.2 Å². The van der Waals surface area contributed by atoms with Crippen molar-refractivity contribution in [2.24, 2.45) is 0 Å². The summed E-state index contributed by atoms with van der Waals surface area (Å²) in [5.41, 5.74) is -0.265. The summed E-state index contributed by atoms with van der Waals surface area (Å²) in [5.74, 6) is -1.50. The van der Waals surface area contributed by atoms with E-state index < -0.39 is 11.5 Å². The molecule has 1 amide bonds. The fourth-order valence-corrected chi connectivity index (χ4v) is 2.51. The minimum atomic E-state index is -1.13. The van der Waals surface area contributed by atoms with Gasteiger partial charge in [-0.3, -0.25) is 4.79 Å². The number of amides is 1. The molecule has 0 radical (unpaired) electrons. The molecule has 2 rings (SSSR count). The van der Waals surface area contributed by atoms with Gasteiger partial charge in [-0.25, -0.2) is 4.79 Å². The summed E-state index contributed by atoms with van der Waals surface area (Å²) in [6, 6.07) is 1.75. The van der Waals surface area contributed by atoms with Crippen LogP contribution in [0.1, 0.15) is 41.6 Å². The fraction of sp³-hybridized carbons (Fsp3) is 0.333. The molecule has 0 bridgehead atoms. The van der Waals surface area contributed by atoms with Crippen LogP contribution >= 0.6 is 11.3 Å². The molecule has 2 aromatic heterocycles. The second-order valence-corrected chi connectivity index (χ2v) is 5.96. The van der Waals surface area contributed by atoms with Crippen LogP contribution in [0, 0.1) is 0 Å². The highest BCUT2D eigenvalue weighted by atomic mass is 32.1. The van der Waals surface area contributed by atoms with Crippen LogP contribution in [0.25, 0.3) is 10.2 Å². The molecule has 0 aromatic carbocycles. The van der Waals surface area contributed by atoms with Gasteiger partial charge in [0.25, 0.3) is 5.91 Å². The molecule has 2 aromatic rings. The maximum Gasteiger partial charge on any atom is 0.353 e. The van der Waals surface area contributed by atoms with Gasteiger partial charge in [-0.15, -0.1) is 11.3 Å². The Hall–Kier alpha value is -1.82. The van der Waals surface area contributed by atoms with Crippen LogP contribution in [0.2, 0.25) is 0 Å². The summed E-state index contributed by atoms with van der Waals surface area (Å²) in [6.07, 6.45) is 0. The lowest BCUT2D eigenvalue weighted by Gasteiger charge is -2.20. The lowest BCUT2D eigenvalue weighted by Crippen LogP contribution is -2.41. The van der Waals surface area contributed by atoms with Crippen molar-refractivity contribution < 1.29 is 14.7 Å². The van der Waals surface area contributed by atoms with Crippen LogP contribution in [0.4, 0.5) is 0 Å². The molecule has 6 heteroatoms. The molecule has 96 valence electrons. The van der Waals surface area contributed by atoms with Gasteiger partial charge in [-0.05, 0) is 32.2 Å². The number of hydrogen-bond donors (Lipinski definition) is 3. The number of carbonyl (C=O) groups excluding carboxylic acids is 1. The second kappa shape index (κ2) is 4.13. The highest BCUT2D eigenvalue weighted by Crippen LogP contribution is 2.27. The van der Waals surface area contributed by atoms with E-state index in [0.29, 0.717) is 10.2 Å². The van der Waals surface area contributed by atoms with E-state index in [1.54, 1.807) is 6.07 Å². The zero-order valence-electron chi connectivity index (χ0n) is 10.3. The monoisotopic (exact) mass is 266 g/mol. The Balaban J connectivity index is 2.53. The van der Waals surface area contributed by atoms with Crippen molar-refractivity contribution >= 4 is 33.4 Å². The molecule has 0 spiro atoms. The van der Waals surface area contributed by atoms with Gasteiger partial charge < -0.3 is 15.4 Å². The second-order valence-electron chi connectivity index (χ2n) is 5.05. The van der Waals surface area contributed by atoms with Gasteiger partial charge in [0.15, 0.2) is 0 Å². The average molecular weight is 266 g/mol. The normalized spacial score (nSPS) is 11.7. The Morgan fingerprint density at radius 3 is 2.61 bits per heavy atom. The van der Waals surface area contributed by atoms with E-state index in [0.717, 1.165) is 0 Å². The van der Waals surface area contributed by atoms with Gasteiger partial charge in [0.2, 0.25) is 0 Å². The molecule has 3 N–H and O–H groups in total. The first kappa shape index (κ1) is 12.6. The van der Waals surface area contributed by atoms with Crippen LogP contribution in [0.3, 0.4) is 0 Å². The highest BCUT2D eigenvalue weighted by Gasteiger charge is 2.25. The Morgan fingerprint density at radius 1 is 1.39 bits per heavy atom. The first-order valence-corrected chi connectivity index (χ1v) is 6.32. The average Bonchev–Trinajstić information content (AvgIpc) is 2.70. The molecule has 0 saturated carbocycles. The standard InChI is InChI=1S/C12H14N2O3S/c1-12(2,3)14-9(15)7-6-4-5-18-10(6)13-8(7)11(16)17/h4-5,13H,1-3H3,(H,14,15)(H,16,17). The lowest BCUT2D eigenvalue weighted by molar-refractivity contribution is 0.0684. The van der Waals surface area contributed by atoms with E-state index in [1.807, 2.05) is 26.2 Å². The van der Waals surface area contributed by atoms with E-state index in [9.17, 15) is 9.59 Å². The fourth-order valence-electron chi connectivity index (χ4n) is 1.71. The maximum absolute atomic E-state index is 12.2. The minimum absolute atomic E-state index is 0.0569. The number of carbonyl (C=O) groups is 2. The molecule has 0 aliphatic carbocycles. The number of rotatable bonds is 2. The van der Waals surface area contributed by atoms with Crippen LogP contribution in [0.15, 0.2) is 11.4 Å². The summed E-state index contributed by atoms with van der Waals surface area (Å²) >= 11 is 1.38. The molecule has 0 aliphatic heterocycles. The number of H-pyrrole nitrogens is 1. The zero-order valence-corrected chi connectivity index (χ0v) is 11.1. The number of aromatic nitrogens is 1. The van der Waals surface area contributed by atoms with Crippen LogP contribution in [-0.2, 0) is 0 Å². The number of aromatic carboxylic acids is 1. The summed E-state index contributed by atoms with van der Waals surface area (Å²) in [6.45, 7) is 5.55. The van der Waals surface area contributed by atoms with E-state index in [2.05, 4.69) is 10.3 Å². The van der Waals surface area contributed by atoms with Gasteiger partial charge >= 0.3 is 5.97 Å². The van der Waals surface area contributed by atoms with Crippen molar-refractivity contribution in [3.63, 3.8) is 0 Å².